The second-order valence-electron chi connectivity index (χ2n) is 4.14. The van der Waals surface area contributed by atoms with Crippen LogP contribution in [0.5, 0.6) is 11.5 Å². The lowest BCUT2D eigenvalue weighted by atomic mass is 10.1. The van der Waals surface area contributed by atoms with Gasteiger partial charge in [-0.05, 0) is 7.05 Å². The molecule has 1 atom stereocenters. The van der Waals surface area contributed by atoms with Crippen LogP contribution in [-0.2, 0) is 4.79 Å². The van der Waals surface area contributed by atoms with Crippen molar-refractivity contribution in [2.45, 2.75) is 6.92 Å². The van der Waals surface area contributed by atoms with Crippen molar-refractivity contribution in [1.29, 1.82) is 0 Å². The zero-order valence-corrected chi connectivity index (χ0v) is 12.3. The van der Waals surface area contributed by atoms with Crippen molar-refractivity contribution in [3.05, 3.63) is 17.2 Å². The van der Waals surface area contributed by atoms with Crippen LogP contribution in [0.4, 0.5) is 5.69 Å². The van der Waals surface area contributed by atoms with Gasteiger partial charge in [0.1, 0.15) is 11.5 Å². The van der Waals surface area contributed by atoms with Crippen LogP contribution in [0.15, 0.2) is 12.1 Å². The number of benzene rings is 1. The van der Waals surface area contributed by atoms with Crippen molar-refractivity contribution in [3.8, 4) is 11.5 Å². The Bertz CT molecular complexity index is 452. The molecular formula is C13H19ClN2O3. The van der Waals surface area contributed by atoms with Crippen LogP contribution in [0, 0.1) is 5.92 Å². The fourth-order valence-electron chi connectivity index (χ4n) is 1.61. The Labute approximate surface area is 118 Å². The quantitative estimate of drug-likeness (QED) is 0.841. The van der Waals surface area contributed by atoms with Crippen LogP contribution < -0.4 is 20.1 Å². The molecule has 0 saturated heterocycles. The highest BCUT2D eigenvalue weighted by atomic mass is 35.5. The van der Waals surface area contributed by atoms with Gasteiger partial charge in [0.2, 0.25) is 5.91 Å². The highest BCUT2D eigenvalue weighted by Crippen LogP contribution is 2.35. The Balaban J connectivity index is 2.96. The van der Waals surface area contributed by atoms with E-state index >= 15 is 0 Å². The molecule has 0 bridgehead atoms. The topological polar surface area (TPSA) is 59.6 Å². The third-order valence-electron chi connectivity index (χ3n) is 2.69. The first-order valence-electron chi connectivity index (χ1n) is 5.90. The molecule has 1 rings (SSSR count). The number of carbonyl (C=O) groups is 1. The van der Waals surface area contributed by atoms with E-state index in [1.165, 1.54) is 14.2 Å². The largest absolute Gasteiger partial charge is 0.495 e. The van der Waals surface area contributed by atoms with Crippen molar-refractivity contribution in [2.24, 2.45) is 5.92 Å². The van der Waals surface area contributed by atoms with Gasteiger partial charge in [0.25, 0.3) is 0 Å². The lowest BCUT2D eigenvalue weighted by Gasteiger charge is -2.15. The number of nitrogens with one attached hydrogen (secondary N) is 2. The van der Waals surface area contributed by atoms with Gasteiger partial charge in [-0.1, -0.05) is 18.5 Å². The smallest absolute Gasteiger partial charge is 0.228 e. The molecular weight excluding hydrogens is 268 g/mol. The molecule has 0 fully saturated rings. The molecule has 1 amide bonds. The SMILES string of the molecule is CNCC(C)C(=O)Nc1cc(OC)c(Cl)cc1OC. The summed E-state index contributed by atoms with van der Waals surface area (Å²) in [7, 11) is 4.84. The lowest BCUT2D eigenvalue weighted by molar-refractivity contribution is -0.119. The third kappa shape index (κ3) is 4.01. The fourth-order valence-corrected chi connectivity index (χ4v) is 1.84. The number of hydrogen-bond donors (Lipinski definition) is 2. The van der Waals surface area contributed by atoms with Gasteiger partial charge in [0, 0.05) is 24.6 Å². The molecule has 1 aromatic rings. The molecule has 0 aromatic heterocycles. The molecule has 5 nitrogen and oxygen atoms in total. The minimum atomic E-state index is -0.156. The zero-order chi connectivity index (χ0) is 14.4. The van der Waals surface area contributed by atoms with Crippen molar-refractivity contribution in [1.82, 2.24) is 5.32 Å². The first-order chi connectivity index (χ1) is 9.03. The highest BCUT2D eigenvalue weighted by Gasteiger charge is 2.16. The first-order valence-corrected chi connectivity index (χ1v) is 6.28. The Kier molecular flexibility index (Phi) is 5.92. The first kappa shape index (κ1) is 15.6. The van der Waals surface area contributed by atoms with Gasteiger partial charge in [-0.3, -0.25) is 4.79 Å². The number of methoxy groups -OCH3 is 2. The molecule has 0 radical (unpaired) electrons. The molecule has 0 aliphatic heterocycles. The summed E-state index contributed by atoms with van der Waals surface area (Å²) in [6.45, 7) is 2.43. The molecule has 1 unspecified atom stereocenters. The van der Waals surface area contributed by atoms with Gasteiger partial charge < -0.3 is 20.1 Å². The van der Waals surface area contributed by atoms with E-state index in [0.717, 1.165) is 0 Å². The van der Waals surface area contributed by atoms with E-state index in [4.69, 9.17) is 21.1 Å². The van der Waals surface area contributed by atoms with Crippen LogP contribution in [0.2, 0.25) is 5.02 Å². The normalized spacial score (nSPS) is 11.8. The van der Waals surface area contributed by atoms with Gasteiger partial charge >= 0.3 is 0 Å². The second kappa shape index (κ2) is 7.21. The van der Waals surface area contributed by atoms with E-state index in [-0.39, 0.29) is 11.8 Å². The summed E-state index contributed by atoms with van der Waals surface area (Å²) in [5.74, 6) is 0.725. The van der Waals surface area contributed by atoms with E-state index in [9.17, 15) is 4.79 Å². The maximum absolute atomic E-state index is 12.0. The van der Waals surface area contributed by atoms with Crippen LogP contribution >= 0.6 is 11.6 Å². The summed E-state index contributed by atoms with van der Waals surface area (Å²) >= 11 is 6.00. The minimum absolute atomic E-state index is 0.1000. The number of rotatable bonds is 6. The van der Waals surface area contributed by atoms with E-state index in [1.54, 1.807) is 19.2 Å². The number of carbonyl (C=O) groups excluding carboxylic acids is 1. The summed E-state index contributed by atoms with van der Waals surface area (Å²) in [4.78, 5) is 12.0. The maximum atomic E-state index is 12.0. The molecule has 0 aliphatic carbocycles. The highest BCUT2D eigenvalue weighted by molar-refractivity contribution is 6.32. The summed E-state index contributed by atoms with van der Waals surface area (Å²) in [6, 6.07) is 3.25. The lowest BCUT2D eigenvalue weighted by Crippen LogP contribution is -2.28. The Morgan fingerprint density at radius 3 is 2.47 bits per heavy atom. The molecule has 6 heteroatoms. The third-order valence-corrected chi connectivity index (χ3v) is 2.99. The van der Waals surface area contributed by atoms with Crippen molar-refractivity contribution >= 4 is 23.2 Å². The molecule has 0 aliphatic rings. The maximum Gasteiger partial charge on any atom is 0.228 e. The van der Waals surface area contributed by atoms with Crippen molar-refractivity contribution in [2.75, 3.05) is 33.1 Å². The summed E-state index contributed by atoms with van der Waals surface area (Å²) in [5.41, 5.74) is 0.539. The number of ether oxygens (including phenoxy) is 2. The molecule has 19 heavy (non-hydrogen) atoms. The predicted molar refractivity (Wildman–Crippen MR) is 76.3 cm³/mol. The molecule has 0 heterocycles. The molecule has 0 saturated carbocycles. The van der Waals surface area contributed by atoms with E-state index in [2.05, 4.69) is 10.6 Å². The van der Waals surface area contributed by atoms with E-state index in [1.807, 2.05) is 6.92 Å². The minimum Gasteiger partial charge on any atom is -0.495 e. The van der Waals surface area contributed by atoms with Crippen LogP contribution in [0.1, 0.15) is 6.92 Å². The van der Waals surface area contributed by atoms with Gasteiger partial charge in [0.05, 0.1) is 24.9 Å². The van der Waals surface area contributed by atoms with Crippen molar-refractivity contribution in [3.63, 3.8) is 0 Å². The Morgan fingerprint density at radius 1 is 1.32 bits per heavy atom. The van der Waals surface area contributed by atoms with Gasteiger partial charge in [0.15, 0.2) is 0 Å². The molecule has 0 spiro atoms. The summed E-state index contributed by atoms with van der Waals surface area (Å²) in [5, 5.41) is 6.19. The number of halogens is 1. The Morgan fingerprint density at radius 2 is 1.95 bits per heavy atom. The van der Waals surface area contributed by atoms with Crippen LogP contribution in [0.25, 0.3) is 0 Å². The van der Waals surface area contributed by atoms with Gasteiger partial charge in [-0.15, -0.1) is 0 Å². The monoisotopic (exact) mass is 286 g/mol. The zero-order valence-electron chi connectivity index (χ0n) is 11.5. The average Bonchev–Trinajstić information content (AvgIpc) is 2.40. The second-order valence-corrected chi connectivity index (χ2v) is 4.54. The van der Waals surface area contributed by atoms with Gasteiger partial charge in [-0.25, -0.2) is 0 Å². The standard InChI is InChI=1S/C13H19ClN2O3/c1-8(7-15-2)13(17)16-10-6-11(18-3)9(14)5-12(10)19-4/h5-6,8,15H,7H2,1-4H3,(H,16,17). The van der Waals surface area contributed by atoms with E-state index in [0.29, 0.717) is 28.8 Å². The number of hydrogen-bond acceptors (Lipinski definition) is 4. The Hall–Kier alpha value is -1.46. The van der Waals surface area contributed by atoms with Gasteiger partial charge in [-0.2, -0.15) is 0 Å². The van der Waals surface area contributed by atoms with E-state index < -0.39 is 0 Å². The molecule has 2 N–H and O–H groups in total. The van der Waals surface area contributed by atoms with Crippen LogP contribution in [0.3, 0.4) is 0 Å². The number of amides is 1. The molecule has 1 aromatic carbocycles. The van der Waals surface area contributed by atoms with Crippen molar-refractivity contribution < 1.29 is 14.3 Å². The molecule has 106 valence electrons. The van der Waals surface area contributed by atoms with Crippen LogP contribution in [-0.4, -0.2) is 33.7 Å². The average molecular weight is 287 g/mol. The predicted octanol–water partition coefficient (Wildman–Crippen LogP) is 2.15. The number of anilines is 1. The summed E-state index contributed by atoms with van der Waals surface area (Å²) < 4.78 is 10.3. The summed E-state index contributed by atoms with van der Waals surface area (Å²) in [6.07, 6.45) is 0. The fraction of sp³-hybridized carbons (Fsp3) is 0.462.